The summed E-state index contributed by atoms with van der Waals surface area (Å²) in [6.07, 6.45) is 3.30. The minimum absolute atomic E-state index is 0.0184. The molecular formula is C32H35F2N7O2S. The van der Waals surface area contributed by atoms with E-state index < -0.39 is 11.6 Å². The maximum atomic E-state index is 15.1. The molecule has 2 aromatic heterocycles. The number of nitrogens with zero attached hydrogens (tertiary/aromatic N) is 6. The molecule has 44 heavy (non-hydrogen) atoms. The summed E-state index contributed by atoms with van der Waals surface area (Å²) < 4.78 is 44.3. The van der Waals surface area contributed by atoms with Crippen LogP contribution in [0.2, 0.25) is 0 Å². The van der Waals surface area contributed by atoms with Crippen molar-refractivity contribution in [1.29, 1.82) is 0 Å². The van der Waals surface area contributed by atoms with Crippen LogP contribution in [0.3, 0.4) is 0 Å². The number of nitrogens with one attached hydrogen (secondary N) is 1. The van der Waals surface area contributed by atoms with Crippen molar-refractivity contribution in [3.63, 3.8) is 0 Å². The van der Waals surface area contributed by atoms with Crippen LogP contribution in [0.5, 0.6) is 5.75 Å². The first-order valence-electron chi connectivity index (χ1n) is 15.3. The number of rotatable bonds is 5. The topological polar surface area (TPSA) is 80.6 Å². The lowest BCUT2D eigenvalue weighted by Crippen LogP contribution is -2.46. The largest absolute Gasteiger partial charge is 0.490 e. The van der Waals surface area contributed by atoms with Gasteiger partial charge < -0.3 is 24.3 Å². The Balaban J connectivity index is 1.06. The third-order valence-corrected chi connectivity index (χ3v) is 10.9. The lowest BCUT2D eigenvalue weighted by Gasteiger charge is -2.36. The number of thioether (sulfide) groups is 1. The van der Waals surface area contributed by atoms with Gasteiger partial charge in [0.1, 0.15) is 29.4 Å². The minimum atomic E-state index is -0.631. The number of halogens is 2. The number of imidazole rings is 1. The average Bonchev–Trinajstić information content (AvgIpc) is 3.66. The van der Waals surface area contributed by atoms with E-state index in [0.717, 1.165) is 69.0 Å². The number of aryl methyl sites for hydroxylation is 1. The fourth-order valence-electron chi connectivity index (χ4n) is 7.15. The van der Waals surface area contributed by atoms with Crippen molar-refractivity contribution in [1.82, 2.24) is 24.4 Å². The van der Waals surface area contributed by atoms with Crippen molar-refractivity contribution in [2.75, 3.05) is 49.7 Å². The van der Waals surface area contributed by atoms with Gasteiger partial charge in [0.25, 0.3) is 0 Å². The van der Waals surface area contributed by atoms with Gasteiger partial charge >= 0.3 is 0 Å². The van der Waals surface area contributed by atoms with Gasteiger partial charge in [0.15, 0.2) is 11.6 Å². The fourth-order valence-corrected chi connectivity index (χ4v) is 8.51. The molecular weight excluding hydrogens is 584 g/mol. The molecule has 1 unspecified atom stereocenters. The standard InChI is InChI=1S/C32H35F2N7O2S/c1-18(2)41-19(3)36-29-23(33)12-20(13-26(29)41)28-24(34)15-35-31(38-28)37-21-4-5-25-27(14-21)43-17-32-16-39(22-6-10-42-11-7-22)8-9-40(25)30(32)44-32/h4-5,12-15,18,22,30H,6-11,16-17H2,1-3H3,(H,35,37,38)/t30?,32-/m0/s1. The number of hydrogen-bond donors (Lipinski definition) is 1. The van der Waals surface area contributed by atoms with Crippen LogP contribution in [-0.2, 0) is 4.74 Å². The average molecular weight is 620 g/mol. The summed E-state index contributed by atoms with van der Waals surface area (Å²) in [4.78, 5) is 18.2. The molecule has 6 heterocycles. The fraction of sp³-hybridized carbons (Fsp3) is 0.469. The zero-order chi connectivity index (χ0) is 30.2. The highest BCUT2D eigenvalue weighted by molar-refractivity contribution is 8.08. The Labute approximate surface area is 259 Å². The first-order valence-corrected chi connectivity index (χ1v) is 16.2. The number of anilines is 3. The van der Waals surface area contributed by atoms with E-state index >= 15 is 8.78 Å². The van der Waals surface area contributed by atoms with Crippen molar-refractivity contribution in [3.8, 4) is 17.0 Å². The smallest absolute Gasteiger partial charge is 0.227 e. The summed E-state index contributed by atoms with van der Waals surface area (Å²) in [7, 11) is 0. The van der Waals surface area contributed by atoms with E-state index in [-0.39, 0.29) is 27.9 Å². The predicted molar refractivity (Wildman–Crippen MR) is 168 cm³/mol. The lowest BCUT2D eigenvalue weighted by atomic mass is 10.0. The quantitative estimate of drug-likeness (QED) is 0.274. The van der Waals surface area contributed by atoms with Crippen LogP contribution in [0.1, 0.15) is 38.6 Å². The zero-order valence-corrected chi connectivity index (χ0v) is 25.8. The molecule has 3 saturated heterocycles. The molecule has 4 aliphatic rings. The molecule has 4 aliphatic heterocycles. The Kier molecular flexibility index (Phi) is 6.73. The predicted octanol–water partition coefficient (Wildman–Crippen LogP) is 5.91. The third-order valence-electron chi connectivity index (χ3n) is 9.28. The van der Waals surface area contributed by atoms with Crippen LogP contribution in [-0.4, -0.2) is 80.0 Å². The second kappa shape index (κ2) is 10.6. The highest BCUT2D eigenvalue weighted by Gasteiger charge is 2.63. The van der Waals surface area contributed by atoms with Gasteiger partial charge in [0.2, 0.25) is 5.95 Å². The van der Waals surface area contributed by atoms with Gasteiger partial charge in [-0.3, -0.25) is 4.90 Å². The van der Waals surface area contributed by atoms with Crippen molar-refractivity contribution in [3.05, 3.63) is 54.0 Å². The van der Waals surface area contributed by atoms with Gasteiger partial charge in [-0.15, -0.1) is 11.8 Å². The van der Waals surface area contributed by atoms with E-state index in [0.29, 0.717) is 34.9 Å². The summed E-state index contributed by atoms with van der Waals surface area (Å²) in [6.45, 7) is 11.2. The molecule has 230 valence electrons. The summed E-state index contributed by atoms with van der Waals surface area (Å²) in [5, 5.41) is 3.62. The SMILES string of the molecule is Cc1nc2c(F)cc(-c3nc(Nc4ccc5c(c4)OC[C@@]46CN(C7CCOCC7)CCN5C4S6)ncc3F)cc2n1C(C)C. The van der Waals surface area contributed by atoms with Crippen LogP contribution in [0.25, 0.3) is 22.3 Å². The summed E-state index contributed by atoms with van der Waals surface area (Å²) in [6, 6.07) is 9.69. The second-order valence-corrected chi connectivity index (χ2v) is 14.0. The van der Waals surface area contributed by atoms with Crippen molar-refractivity contribution >= 4 is 40.1 Å². The molecule has 0 saturated carbocycles. The molecule has 2 bridgehead atoms. The van der Waals surface area contributed by atoms with E-state index in [1.807, 2.05) is 49.2 Å². The zero-order valence-electron chi connectivity index (χ0n) is 25.0. The Morgan fingerprint density at radius 1 is 1.07 bits per heavy atom. The summed E-state index contributed by atoms with van der Waals surface area (Å²) >= 11 is 2.01. The molecule has 2 atom stereocenters. The maximum Gasteiger partial charge on any atom is 0.227 e. The Morgan fingerprint density at radius 2 is 1.91 bits per heavy atom. The van der Waals surface area contributed by atoms with Crippen LogP contribution < -0.4 is 15.0 Å². The van der Waals surface area contributed by atoms with Gasteiger partial charge in [-0.2, -0.15) is 0 Å². The highest BCUT2D eigenvalue weighted by atomic mass is 32.2. The molecule has 12 heteroatoms. The van der Waals surface area contributed by atoms with Gasteiger partial charge in [-0.05, 0) is 57.9 Å². The Bertz CT molecular complexity index is 1760. The molecule has 2 aromatic carbocycles. The Hall–Kier alpha value is -3.48. The maximum absolute atomic E-state index is 15.1. The number of fused-ring (bicyclic) bond motifs is 3. The van der Waals surface area contributed by atoms with Gasteiger partial charge in [0, 0.05) is 62.2 Å². The lowest BCUT2D eigenvalue weighted by molar-refractivity contribution is 0.0329. The number of hydrogen-bond acceptors (Lipinski definition) is 9. The van der Waals surface area contributed by atoms with E-state index in [1.165, 1.54) is 6.07 Å². The second-order valence-electron chi connectivity index (χ2n) is 12.5. The first-order chi connectivity index (χ1) is 21.3. The van der Waals surface area contributed by atoms with Gasteiger partial charge in [0.05, 0.1) is 27.5 Å². The van der Waals surface area contributed by atoms with E-state index in [2.05, 4.69) is 36.1 Å². The van der Waals surface area contributed by atoms with Crippen LogP contribution in [0, 0.1) is 18.6 Å². The molecule has 8 rings (SSSR count). The molecule has 0 radical (unpaired) electrons. The van der Waals surface area contributed by atoms with Crippen LogP contribution in [0.15, 0.2) is 36.5 Å². The molecule has 0 amide bonds. The van der Waals surface area contributed by atoms with Crippen molar-refractivity contribution < 1.29 is 18.3 Å². The number of benzene rings is 2. The summed E-state index contributed by atoms with van der Waals surface area (Å²) in [5.74, 6) is 0.578. The summed E-state index contributed by atoms with van der Waals surface area (Å²) in [5.41, 5.74) is 3.03. The monoisotopic (exact) mass is 619 g/mol. The van der Waals surface area contributed by atoms with E-state index in [9.17, 15) is 0 Å². The molecule has 4 aromatic rings. The first kappa shape index (κ1) is 28.0. The number of aromatic nitrogens is 4. The van der Waals surface area contributed by atoms with Gasteiger partial charge in [-0.25, -0.2) is 23.7 Å². The van der Waals surface area contributed by atoms with Crippen LogP contribution in [0.4, 0.5) is 26.1 Å². The molecule has 3 fully saturated rings. The highest BCUT2D eigenvalue weighted by Crippen LogP contribution is 2.60. The molecule has 9 nitrogen and oxygen atoms in total. The minimum Gasteiger partial charge on any atom is -0.490 e. The molecule has 0 aliphatic carbocycles. The number of ether oxygens (including phenoxy) is 2. The Morgan fingerprint density at radius 3 is 2.73 bits per heavy atom. The molecule has 1 N–H and O–H groups in total. The van der Waals surface area contributed by atoms with E-state index in [4.69, 9.17) is 9.47 Å². The van der Waals surface area contributed by atoms with E-state index in [1.54, 1.807) is 6.07 Å². The van der Waals surface area contributed by atoms with Crippen LogP contribution >= 0.6 is 11.8 Å². The normalized spacial score (nSPS) is 23.6. The van der Waals surface area contributed by atoms with Gasteiger partial charge in [-0.1, -0.05) is 0 Å². The van der Waals surface area contributed by atoms with Crippen molar-refractivity contribution in [2.45, 2.75) is 55.8 Å². The van der Waals surface area contributed by atoms with Crippen molar-refractivity contribution in [2.24, 2.45) is 0 Å². The third kappa shape index (κ3) is 4.69. The molecule has 0 spiro atoms.